The topological polar surface area (TPSA) is 129 Å². The SMILES string of the molecule is CC(C)[C@H](C(=O)O)N(CCN1CCOCC1)S(=O)(=O)c1ccc(-c2ccc(NC(=O)c3cc4ccccc4o3)cc2)cc1. The highest BCUT2D eigenvalue weighted by atomic mass is 32.2. The zero-order valence-electron chi connectivity index (χ0n) is 24.1. The summed E-state index contributed by atoms with van der Waals surface area (Å²) in [6.45, 7) is 6.36. The number of para-hydroxylation sites is 1. The smallest absolute Gasteiger partial charge is 0.322 e. The molecule has 43 heavy (non-hydrogen) atoms. The van der Waals surface area contributed by atoms with Crippen molar-refractivity contribution in [2.24, 2.45) is 5.92 Å². The van der Waals surface area contributed by atoms with Crippen molar-refractivity contribution >= 4 is 38.6 Å². The van der Waals surface area contributed by atoms with Gasteiger partial charge in [-0.05, 0) is 53.4 Å². The zero-order valence-corrected chi connectivity index (χ0v) is 24.9. The predicted molar refractivity (Wildman–Crippen MR) is 163 cm³/mol. The Morgan fingerprint density at radius 3 is 2.19 bits per heavy atom. The molecule has 11 heteroatoms. The minimum atomic E-state index is -4.11. The Labute approximate surface area is 250 Å². The van der Waals surface area contributed by atoms with E-state index in [-0.39, 0.29) is 23.1 Å². The first-order chi connectivity index (χ1) is 20.6. The number of rotatable bonds is 11. The Balaban J connectivity index is 1.30. The van der Waals surface area contributed by atoms with E-state index in [0.717, 1.165) is 20.8 Å². The van der Waals surface area contributed by atoms with E-state index in [1.165, 1.54) is 12.1 Å². The molecule has 4 aromatic rings. The van der Waals surface area contributed by atoms with Gasteiger partial charge in [-0.25, -0.2) is 8.42 Å². The van der Waals surface area contributed by atoms with Crippen molar-refractivity contribution in [2.45, 2.75) is 24.8 Å². The van der Waals surface area contributed by atoms with E-state index < -0.39 is 28.0 Å². The van der Waals surface area contributed by atoms with Gasteiger partial charge in [-0.2, -0.15) is 4.31 Å². The zero-order chi connectivity index (χ0) is 30.6. The minimum Gasteiger partial charge on any atom is -0.480 e. The van der Waals surface area contributed by atoms with Crippen molar-refractivity contribution in [1.29, 1.82) is 0 Å². The number of nitrogens with zero attached hydrogens (tertiary/aromatic N) is 2. The van der Waals surface area contributed by atoms with Gasteiger partial charge in [0.25, 0.3) is 5.91 Å². The van der Waals surface area contributed by atoms with Crippen LogP contribution in [0.5, 0.6) is 0 Å². The van der Waals surface area contributed by atoms with E-state index in [1.807, 2.05) is 30.3 Å². The average Bonchev–Trinajstić information content (AvgIpc) is 3.44. The van der Waals surface area contributed by atoms with Crippen LogP contribution in [0.15, 0.2) is 88.2 Å². The van der Waals surface area contributed by atoms with Gasteiger partial charge >= 0.3 is 5.97 Å². The molecule has 2 heterocycles. The first kappa shape index (κ1) is 30.4. The molecule has 0 spiro atoms. The molecule has 1 amide bonds. The standard InChI is InChI=1S/C32H35N3O7S/c1-22(2)30(32(37)38)35(16-15-34-17-19-41-20-18-34)43(39,40)27-13-9-24(10-14-27)23-7-11-26(12-8-23)33-31(36)29-21-25-5-3-4-6-28(25)42-29/h3-14,21-22,30H,15-20H2,1-2H3,(H,33,36)(H,37,38)/t30-/m1/s1. The lowest BCUT2D eigenvalue weighted by atomic mass is 10.0. The molecular formula is C32H35N3O7S. The molecule has 10 nitrogen and oxygen atoms in total. The Hall–Kier alpha value is -4.03. The van der Waals surface area contributed by atoms with Crippen LogP contribution < -0.4 is 5.32 Å². The summed E-state index contributed by atoms with van der Waals surface area (Å²) in [6.07, 6.45) is 0. The molecule has 3 aromatic carbocycles. The summed E-state index contributed by atoms with van der Waals surface area (Å²) in [6, 6.07) is 21.4. The Morgan fingerprint density at radius 1 is 0.953 bits per heavy atom. The van der Waals surface area contributed by atoms with Crippen molar-refractivity contribution < 1.29 is 32.3 Å². The molecule has 1 aliphatic heterocycles. The molecule has 0 bridgehead atoms. The molecule has 1 atom stereocenters. The van der Waals surface area contributed by atoms with E-state index in [9.17, 15) is 23.1 Å². The van der Waals surface area contributed by atoms with E-state index >= 15 is 0 Å². The Bertz CT molecular complexity index is 1640. The number of morpholine rings is 1. The quantitative estimate of drug-likeness (QED) is 0.250. The number of carboxylic acid groups (broad SMARTS) is 1. The Morgan fingerprint density at radius 2 is 1.58 bits per heavy atom. The average molecular weight is 606 g/mol. The summed E-state index contributed by atoms with van der Waals surface area (Å²) in [5.41, 5.74) is 2.81. The summed E-state index contributed by atoms with van der Waals surface area (Å²) in [7, 11) is -4.11. The number of furan rings is 1. The summed E-state index contributed by atoms with van der Waals surface area (Å²) < 4.78 is 39.7. The number of benzene rings is 3. The highest BCUT2D eigenvalue weighted by molar-refractivity contribution is 7.89. The number of sulfonamides is 1. The lowest BCUT2D eigenvalue weighted by molar-refractivity contribution is -0.143. The number of fused-ring (bicyclic) bond motifs is 1. The van der Waals surface area contributed by atoms with Gasteiger partial charge in [0, 0.05) is 37.3 Å². The third-order valence-corrected chi connectivity index (χ3v) is 9.42. The predicted octanol–water partition coefficient (Wildman–Crippen LogP) is 4.78. The molecule has 226 valence electrons. The number of anilines is 1. The maximum absolute atomic E-state index is 13.8. The van der Waals surface area contributed by atoms with Gasteiger partial charge in [0.05, 0.1) is 18.1 Å². The van der Waals surface area contributed by atoms with Crippen molar-refractivity contribution in [3.63, 3.8) is 0 Å². The van der Waals surface area contributed by atoms with Crippen molar-refractivity contribution in [3.05, 3.63) is 84.6 Å². The minimum absolute atomic E-state index is 0.0276. The van der Waals surface area contributed by atoms with E-state index in [0.29, 0.717) is 44.1 Å². The number of aliphatic carboxylic acids is 1. The van der Waals surface area contributed by atoms with Gasteiger partial charge < -0.3 is 19.6 Å². The maximum atomic E-state index is 13.8. The highest BCUT2D eigenvalue weighted by Crippen LogP contribution is 2.27. The summed E-state index contributed by atoms with van der Waals surface area (Å²) >= 11 is 0. The van der Waals surface area contributed by atoms with Gasteiger partial charge in [-0.3, -0.25) is 14.5 Å². The number of nitrogens with one attached hydrogen (secondary N) is 1. The molecule has 0 radical (unpaired) electrons. The van der Waals surface area contributed by atoms with Crippen LogP contribution in [0.4, 0.5) is 5.69 Å². The summed E-state index contributed by atoms with van der Waals surface area (Å²) in [5, 5.41) is 13.6. The molecule has 1 aromatic heterocycles. The summed E-state index contributed by atoms with van der Waals surface area (Å²) in [5.74, 6) is -1.76. The lowest BCUT2D eigenvalue weighted by Gasteiger charge is -2.33. The number of hydrogen-bond donors (Lipinski definition) is 2. The van der Waals surface area contributed by atoms with Crippen molar-refractivity contribution in [2.75, 3.05) is 44.7 Å². The normalized spacial score (nSPS) is 15.2. The highest BCUT2D eigenvalue weighted by Gasteiger charge is 2.38. The van der Waals surface area contributed by atoms with E-state index in [4.69, 9.17) is 9.15 Å². The molecule has 1 saturated heterocycles. The molecular weight excluding hydrogens is 570 g/mol. The van der Waals surface area contributed by atoms with Gasteiger partial charge in [0.1, 0.15) is 11.6 Å². The fourth-order valence-electron chi connectivity index (χ4n) is 5.20. The fraction of sp³-hybridized carbons (Fsp3) is 0.312. The van der Waals surface area contributed by atoms with E-state index in [2.05, 4.69) is 10.2 Å². The van der Waals surface area contributed by atoms with Crippen LogP contribution in [0.3, 0.4) is 0 Å². The monoisotopic (exact) mass is 605 g/mol. The molecule has 0 saturated carbocycles. The second-order valence-electron chi connectivity index (χ2n) is 10.8. The molecule has 1 aliphatic rings. The van der Waals surface area contributed by atoms with Gasteiger partial charge in [-0.15, -0.1) is 0 Å². The van der Waals surface area contributed by atoms with Crippen LogP contribution in [0.2, 0.25) is 0 Å². The number of ether oxygens (including phenoxy) is 1. The molecule has 0 aliphatic carbocycles. The lowest BCUT2D eigenvalue weighted by Crippen LogP contribution is -2.51. The van der Waals surface area contributed by atoms with Crippen LogP contribution >= 0.6 is 0 Å². The third-order valence-electron chi connectivity index (χ3n) is 7.52. The van der Waals surface area contributed by atoms with Crippen molar-refractivity contribution in [3.8, 4) is 11.1 Å². The number of carbonyl (C=O) groups is 2. The van der Waals surface area contributed by atoms with Crippen LogP contribution in [0.1, 0.15) is 24.4 Å². The molecule has 0 unspecified atom stereocenters. The third kappa shape index (κ3) is 6.97. The van der Waals surface area contributed by atoms with Crippen molar-refractivity contribution in [1.82, 2.24) is 9.21 Å². The van der Waals surface area contributed by atoms with Gasteiger partial charge in [0.2, 0.25) is 10.0 Å². The largest absolute Gasteiger partial charge is 0.480 e. The Kier molecular flexibility index (Phi) is 9.26. The number of amides is 1. The summed E-state index contributed by atoms with van der Waals surface area (Å²) in [4.78, 5) is 27.0. The number of hydrogen-bond acceptors (Lipinski definition) is 7. The van der Waals surface area contributed by atoms with Gasteiger partial charge in [0.15, 0.2) is 5.76 Å². The van der Waals surface area contributed by atoms with Crippen LogP contribution in [0.25, 0.3) is 22.1 Å². The van der Waals surface area contributed by atoms with Gasteiger partial charge in [-0.1, -0.05) is 56.3 Å². The van der Waals surface area contributed by atoms with Crippen LogP contribution in [-0.2, 0) is 19.6 Å². The number of carbonyl (C=O) groups excluding carboxylic acids is 1. The molecule has 2 N–H and O–H groups in total. The van der Waals surface area contributed by atoms with Crippen LogP contribution in [0, 0.1) is 5.92 Å². The molecule has 5 rings (SSSR count). The van der Waals surface area contributed by atoms with Crippen LogP contribution in [-0.4, -0.2) is 80.0 Å². The molecule has 1 fully saturated rings. The van der Waals surface area contributed by atoms with E-state index in [1.54, 1.807) is 50.2 Å². The fourth-order valence-corrected chi connectivity index (χ4v) is 6.91. The number of carboxylic acids is 1. The first-order valence-electron chi connectivity index (χ1n) is 14.2. The second-order valence-corrected chi connectivity index (χ2v) is 12.7. The maximum Gasteiger partial charge on any atom is 0.322 e. The first-order valence-corrected chi connectivity index (χ1v) is 15.6. The second kappa shape index (κ2) is 13.1.